The molecule has 4 nitrogen and oxygen atoms in total. The molecule has 0 aliphatic carbocycles. The summed E-state index contributed by atoms with van der Waals surface area (Å²) in [6.45, 7) is 2.05. The highest BCUT2D eigenvalue weighted by Gasteiger charge is 2.31. The predicted octanol–water partition coefficient (Wildman–Crippen LogP) is 1.83. The molecule has 0 unspecified atom stereocenters. The van der Waals surface area contributed by atoms with Crippen molar-refractivity contribution in [2.45, 2.75) is 30.5 Å². The molecule has 100 valence electrons. The van der Waals surface area contributed by atoms with Crippen LogP contribution in [0.3, 0.4) is 0 Å². The fourth-order valence-corrected chi connectivity index (χ4v) is 2.84. The van der Waals surface area contributed by atoms with Crippen molar-refractivity contribution in [3.05, 3.63) is 29.8 Å². The third kappa shape index (κ3) is 3.07. The first-order valence-electron chi connectivity index (χ1n) is 5.71. The average molecular weight is 274 g/mol. The van der Waals surface area contributed by atoms with Gasteiger partial charge in [0.25, 0.3) is 10.1 Å². The molecule has 0 aromatic heterocycles. The van der Waals surface area contributed by atoms with Crippen LogP contribution < -0.4 is 0 Å². The minimum atomic E-state index is -3.91. The van der Waals surface area contributed by atoms with Crippen molar-refractivity contribution in [2.24, 2.45) is 0 Å². The molecule has 0 bridgehead atoms. The van der Waals surface area contributed by atoms with Crippen LogP contribution in [0.25, 0.3) is 0 Å². The molecule has 1 aliphatic rings. The quantitative estimate of drug-likeness (QED) is 0.789. The highest BCUT2D eigenvalue weighted by molar-refractivity contribution is 7.86. The Labute approximate surface area is 106 Å². The molecule has 0 amide bonds. The van der Waals surface area contributed by atoms with E-state index in [4.69, 9.17) is 8.92 Å². The van der Waals surface area contributed by atoms with Crippen molar-refractivity contribution in [3.8, 4) is 0 Å². The summed E-state index contributed by atoms with van der Waals surface area (Å²) in [4.78, 5) is 0.0480. The molecule has 2 rings (SSSR count). The summed E-state index contributed by atoms with van der Waals surface area (Å²) in [6, 6.07) is 6.26. The number of aryl methyl sites for hydroxylation is 1. The largest absolute Gasteiger partial charge is 0.378 e. The number of alkyl halides is 1. The van der Waals surface area contributed by atoms with E-state index in [0.29, 0.717) is 6.61 Å². The zero-order chi connectivity index (χ0) is 13.2. The zero-order valence-electron chi connectivity index (χ0n) is 10.0. The predicted molar refractivity (Wildman–Crippen MR) is 63.6 cm³/mol. The van der Waals surface area contributed by atoms with Gasteiger partial charge < -0.3 is 4.74 Å². The molecule has 1 aromatic rings. The van der Waals surface area contributed by atoms with E-state index in [-0.39, 0.29) is 17.9 Å². The number of halogens is 1. The molecule has 1 heterocycles. The topological polar surface area (TPSA) is 52.6 Å². The molecule has 2 atom stereocenters. The normalized spacial score (nSPS) is 25.0. The molecule has 18 heavy (non-hydrogen) atoms. The lowest BCUT2D eigenvalue weighted by atomic mass is 10.1. The summed E-state index contributed by atoms with van der Waals surface area (Å²) in [7, 11) is -3.91. The van der Waals surface area contributed by atoms with Crippen LogP contribution in [0.15, 0.2) is 29.2 Å². The van der Waals surface area contributed by atoms with Gasteiger partial charge in [-0.1, -0.05) is 17.7 Å². The minimum absolute atomic E-state index is 0.0480. The van der Waals surface area contributed by atoms with E-state index in [0.717, 1.165) is 5.56 Å². The first-order valence-corrected chi connectivity index (χ1v) is 7.11. The van der Waals surface area contributed by atoms with Gasteiger partial charge in [0.2, 0.25) is 0 Å². The molecule has 1 aliphatic heterocycles. The maximum Gasteiger partial charge on any atom is 0.297 e. The van der Waals surface area contributed by atoms with Crippen molar-refractivity contribution >= 4 is 10.1 Å². The van der Waals surface area contributed by atoms with Crippen LogP contribution in [0.4, 0.5) is 4.39 Å². The van der Waals surface area contributed by atoms with Gasteiger partial charge in [0.1, 0.15) is 6.10 Å². The number of benzene rings is 1. The van der Waals surface area contributed by atoms with E-state index >= 15 is 0 Å². The van der Waals surface area contributed by atoms with Crippen LogP contribution in [0.5, 0.6) is 0 Å². The second kappa shape index (κ2) is 5.34. The molecule has 0 spiro atoms. The standard InChI is InChI=1S/C12H15FO4S/c1-9-2-4-10(5-3-9)18(14,15)17-12-6-7-16-8-11(12)13/h2-5,11-12H,6-8H2,1H3/t11-,12-/m0/s1. The fourth-order valence-electron chi connectivity index (χ4n) is 1.72. The zero-order valence-corrected chi connectivity index (χ0v) is 10.8. The first kappa shape index (κ1) is 13.5. The van der Waals surface area contributed by atoms with Crippen molar-refractivity contribution < 1.29 is 21.7 Å². The minimum Gasteiger partial charge on any atom is -0.378 e. The Morgan fingerprint density at radius 1 is 1.33 bits per heavy atom. The molecular formula is C12H15FO4S. The van der Waals surface area contributed by atoms with Crippen LogP contribution in [0, 0.1) is 6.92 Å². The van der Waals surface area contributed by atoms with E-state index in [1.165, 1.54) is 12.1 Å². The van der Waals surface area contributed by atoms with Crippen molar-refractivity contribution in [3.63, 3.8) is 0 Å². The van der Waals surface area contributed by atoms with Gasteiger partial charge in [0.15, 0.2) is 6.17 Å². The van der Waals surface area contributed by atoms with Crippen molar-refractivity contribution in [1.29, 1.82) is 0 Å². The highest BCUT2D eigenvalue weighted by atomic mass is 32.2. The molecule has 1 fully saturated rings. The smallest absolute Gasteiger partial charge is 0.297 e. The SMILES string of the molecule is Cc1ccc(S(=O)(=O)O[C@H]2CCOC[C@@H]2F)cc1. The van der Waals surface area contributed by atoms with Crippen molar-refractivity contribution in [2.75, 3.05) is 13.2 Å². The van der Waals surface area contributed by atoms with Gasteiger partial charge in [0.05, 0.1) is 11.5 Å². The molecule has 1 aromatic carbocycles. The second-order valence-electron chi connectivity index (χ2n) is 4.28. The van der Waals surface area contributed by atoms with Gasteiger partial charge in [-0.3, -0.25) is 4.18 Å². The third-order valence-electron chi connectivity index (χ3n) is 2.79. The lowest BCUT2D eigenvalue weighted by Gasteiger charge is -2.25. The van der Waals surface area contributed by atoms with Gasteiger partial charge in [0, 0.05) is 13.0 Å². The van der Waals surface area contributed by atoms with E-state index < -0.39 is 22.4 Å². The second-order valence-corrected chi connectivity index (χ2v) is 5.85. The van der Waals surface area contributed by atoms with Gasteiger partial charge in [-0.15, -0.1) is 0 Å². The number of ether oxygens (including phenoxy) is 1. The van der Waals surface area contributed by atoms with Gasteiger partial charge in [-0.25, -0.2) is 4.39 Å². The molecule has 0 saturated carbocycles. The lowest BCUT2D eigenvalue weighted by molar-refractivity contribution is -0.0358. The number of hydrogen-bond donors (Lipinski definition) is 0. The van der Waals surface area contributed by atoms with E-state index in [9.17, 15) is 12.8 Å². The summed E-state index contributed by atoms with van der Waals surface area (Å²) in [5, 5.41) is 0. The van der Waals surface area contributed by atoms with Crippen LogP contribution in [-0.4, -0.2) is 33.9 Å². The number of hydrogen-bond acceptors (Lipinski definition) is 4. The Kier molecular flexibility index (Phi) is 3.99. The third-order valence-corrected chi connectivity index (χ3v) is 4.14. The summed E-state index contributed by atoms with van der Waals surface area (Å²) in [6.07, 6.45) is -2.12. The molecule has 0 N–H and O–H groups in total. The maximum atomic E-state index is 13.4. The monoisotopic (exact) mass is 274 g/mol. The molecule has 1 saturated heterocycles. The Bertz CT molecular complexity index is 497. The van der Waals surface area contributed by atoms with Crippen molar-refractivity contribution in [1.82, 2.24) is 0 Å². The summed E-state index contributed by atoms with van der Waals surface area (Å²) >= 11 is 0. The van der Waals surface area contributed by atoms with Gasteiger partial charge in [-0.2, -0.15) is 8.42 Å². The van der Waals surface area contributed by atoms with Gasteiger partial charge >= 0.3 is 0 Å². The summed E-state index contributed by atoms with van der Waals surface area (Å²) < 4.78 is 47.1. The Hall–Kier alpha value is -0.980. The van der Waals surface area contributed by atoms with Crippen LogP contribution >= 0.6 is 0 Å². The van der Waals surface area contributed by atoms with E-state index in [2.05, 4.69) is 0 Å². The lowest BCUT2D eigenvalue weighted by Crippen LogP contribution is -2.37. The van der Waals surface area contributed by atoms with Gasteiger partial charge in [-0.05, 0) is 19.1 Å². The van der Waals surface area contributed by atoms with Crippen LogP contribution in [0.2, 0.25) is 0 Å². The Morgan fingerprint density at radius 2 is 2.00 bits per heavy atom. The van der Waals surface area contributed by atoms with E-state index in [1.54, 1.807) is 12.1 Å². The fraction of sp³-hybridized carbons (Fsp3) is 0.500. The maximum absolute atomic E-state index is 13.4. The van der Waals surface area contributed by atoms with Crippen LogP contribution in [-0.2, 0) is 19.0 Å². The van der Waals surface area contributed by atoms with Crippen LogP contribution in [0.1, 0.15) is 12.0 Å². The average Bonchev–Trinajstić information content (AvgIpc) is 2.32. The Balaban J connectivity index is 2.13. The first-order chi connectivity index (χ1) is 8.49. The molecule has 6 heteroatoms. The molecular weight excluding hydrogens is 259 g/mol. The number of rotatable bonds is 3. The summed E-state index contributed by atoms with van der Waals surface area (Å²) in [5.74, 6) is 0. The highest BCUT2D eigenvalue weighted by Crippen LogP contribution is 2.21. The Morgan fingerprint density at radius 3 is 2.61 bits per heavy atom. The molecule has 0 radical (unpaired) electrons. The summed E-state index contributed by atoms with van der Waals surface area (Å²) in [5.41, 5.74) is 0.948. The van der Waals surface area contributed by atoms with E-state index in [1.807, 2.05) is 6.92 Å².